The average Bonchev–Trinajstić information content (AvgIpc) is 2.34. The van der Waals surface area contributed by atoms with Crippen LogP contribution in [-0.4, -0.2) is 10.8 Å². The van der Waals surface area contributed by atoms with Gasteiger partial charge in [0, 0.05) is 11.8 Å². The van der Waals surface area contributed by atoms with Gasteiger partial charge in [-0.25, -0.2) is 13.8 Å². The molecule has 2 nitrogen and oxygen atoms in total. The fourth-order valence-corrected chi connectivity index (χ4v) is 1.73. The molecule has 1 aromatic heterocycles. The van der Waals surface area contributed by atoms with Crippen molar-refractivity contribution in [2.24, 2.45) is 0 Å². The van der Waals surface area contributed by atoms with Gasteiger partial charge in [0.1, 0.15) is 16.8 Å². The fraction of sp³-hybridized carbons (Fsp3) is 0.0769. The Morgan fingerprint density at radius 3 is 2.67 bits per heavy atom. The van der Waals surface area contributed by atoms with Crippen molar-refractivity contribution in [3.63, 3.8) is 0 Å². The Bertz CT molecular complexity index is 628. The summed E-state index contributed by atoms with van der Waals surface area (Å²) in [6.45, 7) is 1.46. The van der Waals surface area contributed by atoms with Crippen molar-refractivity contribution in [1.29, 1.82) is 0 Å². The molecule has 5 heteroatoms. The van der Waals surface area contributed by atoms with Gasteiger partial charge in [0.25, 0.3) is 0 Å². The fourth-order valence-electron chi connectivity index (χ4n) is 1.55. The topological polar surface area (TPSA) is 30.0 Å². The predicted octanol–water partition coefficient (Wildman–Crippen LogP) is 3.55. The summed E-state index contributed by atoms with van der Waals surface area (Å²) in [6, 6.07) is 4.97. The van der Waals surface area contributed by atoms with E-state index in [0.717, 1.165) is 6.07 Å². The lowest BCUT2D eigenvalue weighted by molar-refractivity contribution is 0.103. The van der Waals surface area contributed by atoms with Crippen molar-refractivity contribution in [3.8, 4) is 0 Å². The van der Waals surface area contributed by atoms with Gasteiger partial charge in [0.05, 0.1) is 5.56 Å². The molecule has 0 atom stereocenters. The van der Waals surface area contributed by atoms with Crippen LogP contribution in [0.15, 0.2) is 30.5 Å². The summed E-state index contributed by atoms with van der Waals surface area (Å²) in [5.41, 5.74) is -0.268. The average molecular weight is 268 g/mol. The van der Waals surface area contributed by atoms with E-state index in [0.29, 0.717) is 0 Å². The number of aryl methyl sites for hydroxylation is 1. The molecule has 18 heavy (non-hydrogen) atoms. The normalized spacial score (nSPS) is 10.4. The van der Waals surface area contributed by atoms with E-state index in [4.69, 9.17) is 11.6 Å². The van der Waals surface area contributed by atoms with E-state index in [1.165, 1.54) is 31.3 Å². The maximum Gasteiger partial charge on any atom is 0.199 e. The number of rotatable bonds is 2. The minimum atomic E-state index is -0.893. The lowest BCUT2D eigenvalue weighted by Crippen LogP contribution is -2.09. The van der Waals surface area contributed by atoms with Crippen molar-refractivity contribution in [2.45, 2.75) is 6.92 Å². The van der Waals surface area contributed by atoms with Gasteiger partial charge in [-0.3, -0.25) is 4.79 Å². The molecule has 0 saturated carbocycles. The molecule has 92 valence electrons. The van der Waals surface area contributed by atoms with Crippen LogP contribution in [-0.2, 0) is 0 Å². The molecule has 0 aliphatic rings. The zero-order chi connectivity index (χ0) is 13.3. The Hall–Kier alpha value is -1.81. The van der Waals surface area contributed by atoms with Gasteiger partial charge in [-0.15, -0.1) is 0 Å². The third-order valence-corrected chi connectivity index (χ3v) is 2.71. The summed E-state index contributed by atoms with van der Waals surface area (Å²) in [7, 11) is 0. The molecular weight excluding hydrogens is 260 g/mol. The van der Waals surface area contributed by atoms with Crippen molar-refractivity contribution < 1.29 is 13.6 Å². The molecule has 0 spiro atoms. The van der Waals surface area contributed by atoms with Crippen LogP contribution >= 0.6 is 11.6 Å². The molecule has 0 bridgehead atoms. The smallest absolute Gasteiger partial charge is 0.199 e. The SMILES string of the molecule is Cc1ccc(F)c(C(=O)c2ccnc(Cl)c2)c1F. The highest BCUT2D eigenvalue weighted by molar-refractivity contribution is 6.30. The van der Waals surface area contributed by atoms with Crippen LogP contribution in [0.1, 0.15) is 21.5 Å². The Balaban J connectivity index is 2.56. The Morgan fingerprint density at radius 1 is 1.28 bits per heavy atom. The number of halogens is 3. The molecule has 2 rings (SSSR count). The summed E-state index contributed by atoms with van der Waals surface area (Å²) in [4.78, 5) is 15.7. The van der Waals surface area contributed by atoms with Gasteiger partial charge in [0.2, 0.25) is 0 Å². The molecule has 0 fully saturated rings. The van der Waals surface area contributed by atoms with Gasteiger partial charge in [0.15, 0.2) is 5.78 Å². The van der Waals surface area contributed by atoms with E-state index in [1.807, 2.05) is 0 Å². The molecule has 0 aliphatic carbocycles. The first-order valence-corrected chi connectivity index (χ1v) is 5.49. The van der Waals surface area contributed by atoms with Crippen molar-refractivity contribution in [3.05, 3.63) is 63.9 Å². The van der Waals surface area contributed by atoms with E-state index in [2.05, 4.69) is 4.98 Å². The third-order valence-electron chi connectivity index (χ3n) is 2.50. The number of benzene rings is 1. The van der Waals surface area contributed by atoms with E-state index >= 15 is 0 Å². The molecule has 0 saturated heterocycles. The van der Waals surface area contributed by atoms with Gasteiger partial charge >= 0.3 is 0 Å². The number of ketones is 1. The van der Waals surface area contributed by atoms with Crippen LogP contribution < -0.4 is 0 Å². The van der Waals surface area contributed by atoms with Crippen molar-refractivity contribution in [1.82, 2.24) is 4.98 Å². The number of hydrogen-bond acceptors (Lipinski definition) is 2. The van der Waals surface area contributed by atoms with Gasteiger partial charge < -0.3 is 0 Å². The standard InChI is InChI=1S/C13H8ClF2NO/c1-7-2-3-9(15)11(12(7)16)13(18)8-4-5-17-10(14)6-8/h2-6H,1H3. The van der Waals surface area contributed by atoms with Crippen molar-refractivity contribution >= 4 is 17.4 Å². The molecule has 0 unspecified atom stereocenters. The van der Waals surface area contributed by atoms with Gasteiger partial charge in [-0.2, -0.15) is 0 Å². The number of aromatic nitrogens is 1. The van der Waals surface area contributed by atoms with Crippen LogP contribution in [0.25, 0.3) is 0 Å². The first-order valence-electron chi connectivity index (χ1n) is 5.11. The Kier molecular flexibility index (Phi) is 3.39. The summed E-state index contributed by atoms with van der Waals surface area (Å²) in [5, 5.41) is 0.0920. The number of carbonyl (C=O) groups excluding carboxylic acids is 1. The van der Waals surface area contributed by atoms with Crippen LogP contribution in [0, 0.1) is 18.6 Å². The lowest BCUT2D eigenvalue weighted by atomic mass is 10.0. The molecule has 0 N–H and O–H groups in total. The highest BCUT2D eigenvalue weighted by atomic mass is 35.5. The van der Waals surface area contributed by atoms with E-state index in [1.54, 1.807) is 0 Å². The third kappa shape index (κ3) is 2.24. The lowest BCUT2D eigenvalue weighted by Gasteiger charge is -2.06. The first kappa shape index (κ1) is 12.6. The maximum atomic E-state index is 13.8. The molecule has 0 aliphatic heterocycles. The minimum absolute atomic E-state index is 0.0920. The van der Waals surface area contributed by atoms with Gasteiger partial charge in [-0.05, 0) is 30.7 Å². The molecule has 0 amide bonds. The summed E-state index contributed by atoms with van der Waals surface area (Å²) >= 11 is 5.64. The minimum Gasteiger partial charge on any atom is -0.288 e. The molecule has 1 aromatic carbocycles. The Labute approximate surface area is 107 Å². The van der Waals surface area contributed by atoms with Gasteiger partial charge in [-0.1, -0.05) is 17.7 Å². The first-order chi connectivity index (χ1) is 8.50. The van der Waals surface area contributed by atoms with E-state index in [-0.39, 0.29) is 16.3 Å². The molecular formula is C13H8ClF2NO. The summed E-state index contributed by atoms with van der Waals surface area (Å²) < 4.78 is 27.3. The zero-order valence-corrected chi connectivity index (χ0v) is 10.1. The summed E-state index contributed by atoms with van der Waals surface area (Å²) in [5.74, 6) is -2.50. The Morgan fingerprint density at radius 2 is 2.00 bits per heavy atom. The van der Waals surface area contributed by atoms with E-state index < -0.39 is 23.0 Å². The van der Waals surface area contributed by atoms with Crippen LogP contribution in [0.3, 0.4) is 0 Å². The van der Waals surface area contributed by atoms with Crippen molar-refractivity contribution in [2.75, 3.05) is 0 Å². The number of pyridine rings is 1. The molecule has 0 radical (unpaired) electrons. The number of nitrogens with zero attached hydrogens (tertiary/aromatic N) is 1. The number of hydrogen-bond donors (Lipinski definition) is 0. The quantitative estimate of drug-likeness (QED) is 0.615. The monoisotopic (exact) mass is 267 g/mol. The number of carbonyl (C=O) groups is 1. The summed E-state index contributed by atoms with van der Waals surface area (Å²) in [6.07, 6.45) is 1.31. The molecule has 2 aromatic rings. The highest BCUT2D eigenvalue weighted by Gasteiger charge is 2.20. The predicted molar refractivity (Wildman–Crippen MR) is 63.8 cm³/mol. The van der Waals surface area contributed by atoms with Crippen LogP contribution in [0.2, 0.25) is 5.15 Å². The van der Waals surface area contributed by atoms with Crippen LogP contribution in [0.5, 0.6) is 0 Å². The second-order valence-corrected chi connectivity index (χ2v) is 4.14. The maximum absolute atomic E-state index is 13.8. The van der Waals surface area contributed by atoms with Crippen LogP contribution in [0.4, 0.5) is 8.78 Å². The largest absolute Gasteiger partial charge is 0.288 e. The van der Waals surface area contributed by atoms with E-state index in [9.17, 15) is 13.6 Å². The molecule has 1 heterocycles. The second-order valence-electron chi connectivity index (χ2n) is 3.75. The zero-order valence-electron chi connectivity index (χ0n) is 9.38. The highest BCUT2D eigenvalue weighted by Crippen LogP contribution is 2.20. The second kappa shape index (κ2) is 4.82.